The quantitative estimate of drug-likeness (QED) is 0.840. The van der Waals surface area contributed by atoms with Crippen molar-refractivity contribution >= 4 is 22.4 Å². The fraction of sp³-hybridized carbons (Fsp3) is 0.636. The molecular weight excluding hydrogens is 222 g/mol. The van der Waals surface area contributed by atoms with Crippen LogP contribution in [-0.4, -0.2) is 17.4 Å². The van der Waals surface area contributed by atoms with Crippen LogP contribution in [-0.2, 0) is 11.2 Å². The zero-order chi connectivity index (χ0) is 11.8. The Balaban J connectivity index is 2.06. The maximum absolute atomic E-state index is 11.9. The van der Waals surface area contributed by atoms with Gasteiger partial charge >= 0.3 is 0 Å². The highest BCUT2D eigenvalue weighted by Gasteiger charge is 2.48. The van der Waals surface area contributed by atoms with Crippen LogP contribution in [0.4, 0.5) is 5.13 Å². The van der Waals surface area contributed by atoms with Crippen LogP contribution in [0.5, 0.6) is 0 Å². The Hall–Kier alpha value is -0.940. The van der Waals surface area contributed by atoms with Crippen molar-refractivity contribution in [3.8, 4) is 0 Å². The lowest BCUT2D eigenvalue weighted by molar-refractivity contribution is -0.120. The molecule has 1 aliphatic carbocycles. The Labute approximate surface area is 99.3 Å². The van der Waals surface area contributed by atoms with E-state index in [0.29, 0.717) is 11.7 Å². The van der Waals surface area contributed by atoms with Crippen LogP contribution in [0.15, 0.2) is 0 Å². The highest BCUT2D eigenvalue weighted by molar-refractivity contribution is 7.15. The first-order chi connectivity index (χ1) is 7.61. The fourth-order valence-corrected chi connectivity index (χ4v) is 2.61. The zero-order valence-electron chi connectivity index (χ0n) is 9.67. The standard InChI is InChI=1S/C11H17N3OS/c1-3-8-7(2)16-10(13-8)14-9(15)11(6-12)4-5-11/h3-6,12H2,1-2H3,(H,13,14,15). The number of nitrogens with zero attached hydrogens (tertiary/aromatic N) is 1. The summed E-state index contributed by atoms with van der Waals surface area (Å²) in [5, 5.41) is 3.59. The molecule has 1 aromatic rings. The molecule has 88 valence electrons. The normalized spacial score (nSPS) is 17.2. The van der Waals surface area contributed by atoms with Gasteiger partial charge in [0, 0.05) is 11.4 Å². The number of thiazole rings is 1. The monoisotopic (exact) mass is 239 g/mol. The molecule has 0 saturated heterocycles. The topological polar surface area (TPSA) is 68.0 Å². The third-order valence-electron chi connectivity index (χ3n) is 3.17. The summed E-state index contributed by atoms with van der Waals surface area (Å²) < 4.78 is 0. The molecule has 0 unspecified atom stereocenters. The van der Waals surface area contributed by atoms with Crippen LogP contribution in [0.25, 0.3) is 0 Å². The number of rotatable bonds is 4. The molecule has 1 aliphatic rings. The third-order valence-corrected chi connectivity index (χ3v) is 4.10. The van der Waals surface area contributed by atoms with E-state index in [9.17, 15) is 4.79 Å². The van der Waals surface area contributed by atoms with E-state index in [1.165, 1.54) is 16.2 Å². The number of aryl methyl sites for hydroxylation is 2. The summed E-state index contributed by atoms with van der Waals surface area (Å²) in [7, 11) is 0. The second-order valence-electron chi connectivity index (χ2n) is 4.31. The van der Waals surface area contributed by atoms with Gasteiger partial charge in [0.25, 0.3) is 0 Å². The van der Waals surface area contributed by atoms with Crippen molar-refractivity contribution in [3.63, 3.8) is 0 Å². The molecule has 0 spiro atoms. The van der Waals surface area contributed by atoms with Crippen molar-refractivity contribution in [3.05, 3.63) is 10.6 Å². The number of hydrogen-bond donors (Lipinski definition) is 2. The van der Waals surface area contributed by atoms with Crippen LogP contribution < -0.4 is 11.1 Å². The Morgan fingerprint density at radius 3 is 2.75 bits per heavy atom. The predicted molar refractivity (Wildman–Crippen MR) is 65.6 cm³/mol. The molecule has 0 aliphatic heterocycles. The van der Waals surface area contributed by atoms with Crippen LogP contribution >= 0.6 is 11.3 Å². The van der Waals surface area contributed by atoms with E-state index in [2.05, 4.69) is 17.2 Å². The van der Waals surface area contributed by atoms with Crippen molar-refractivity contribution in [2.24, 2.45) is 11.1 Å². The number of hydrogen-bond acceptors (Lipinski definition) is 4. The number of anilines is 1. The summed E-state index contributed by atoms with van der Waals surface area (Å²) in [6.07, 6.45) is 2.71. The van der Waals surface area contributed by atoms with Crippen molar-refractivity contribution < 1.29 is 4.79 Å². The Morgan fingerprint density at radius 2 is 2.31 bits per heavy atom. The summed E-state index contributed by atoms with van der Waals surface area (Å²) >= 11 is 1.54. The highest BCUT2D eigenvalue weighted by atomic mass is 32.1. The van der Waals surface area contributed by atoms with Crippen molar-refractivity contribution in [2.75, 3.05) is 11.9 Å². The van der Waals surface area contributed by atoms with Crippen LogP contribution in [0.3, 0.4) is 0 Å². The fourth-order valence-electron chi connectivity index (χ4n) is 1.71. The molecule has 1 fully saturated rings. The molecule has 3 N–H and O–H groups in total. The van der Waals surface area contributed by atoms with Gasteiger partial charge in [-0.15, -0.1) is 11.3 Å². The van der Waals surface area contributed by atoms with Gasteiger partial charge in [0.05, 0.1) is 11.1 Å². The van der Waals surface area contributed by atoms with Gasteiger partial charge in [-0.3, -0.25) is 4.79 Å². The minimum atomic E-state index is -0.300. The number of nitrogens with two attached hydrogens (primary N) is 1. The lowest BCUT2D eigenvalue weighted by Crippen LogP contribution is -2.30. The summed E-state index contributed by atoms with van der Waals surface area (Å²) in [5.41, 5.74) is 6.37. The van der Waals surface area contributed by atoms with Crippen molar-refractivity contribution in [1.82, 2.24) is 4.98 Å². The van der Waals surface area contributed by atoms with Gasteiger partial charge in [-0.25, -0.2) is 4.98 Å². The molecule has 16 heavy (non-hydrogen) atoms. The zero-order valence-corrected chi connectivity index (χ0v) is 10.5. The first-order valence-corrected chi connectivity index (χ1v) is 6.41. The summed E-state index contributed by atoms with van der Waals surface area (Å²) in [6, 6.07) is 0. The molecule has 0 aromatic carbocycles. The third kappa shape index (κ3) is 1.97. The highest BCUT2D eigenvalue weighted by Crippen LogP contribution is 2.45. The molecule has 2 rings (SSSR count). The molecular formula is C11H17N3OS. The molecule has 0 radical (unpaired) electrons. The molecule has 4 nitrogen and oxygen atoms in total. The van der Waals surface area contributed by atoms with Gasteiger partial charge in [-0.1, -0.05) is 6.92 Å². The van der Waals surface area contributed by atoms with Gasteiger partial charge in [-0.05, 0) is 26.2 Å². The molecule has 1 amide bonds. The first-order valence-electron chi connectivity index (χ1n) is 5.59. The van der Waals surface area contributed by atoms with E-state index in [4.69, 9.17) is 5.73 Å². The SMILES string of the molecule is CCc1nc(NC(=O)C2(CN)CC2)sc1C. The van der Waals surface area contributed by atoms with E-state index in [-0.39, 0.29) is 11.3 Å². The number of aromatic nitrogens is 1. The molecule has 0 bridgehead atoms. The number of amides is 1. The van der Waals surface area contributed by atoms with Gasteiger partial charge < -0.3 is 11.1 Å². The van der Waals surface area contributed by atoms with Crippen molar-refractivity contribution in [1.29, 1.82) is 0 Å². The average Bonchev–Trinajstić information content (AvgIpc) is 2.99. The van der Waals surface area contributed by atoms with E-state index in [1.807, 2.05) is 6.92 Å². The largest absolute Gasteiger partial charge is 0.329 e. The Kier molecular flexibility index (Phi) is 2.99. The predicted octanol–water partition coefficient (Wildman–Crippen LogP) is 1.69. The summed E-state index contributed by atoms with van der Waals surface area (Å²) in [4.78, 5) is 17.5. The van der Waals surface area contributed by atoms with E-state index in [1.54, 1.807) is 0 Å². The summed E-state index contributed by atoms with van der Waals surface area (Å²) in [6.45, 7) is 4.53. The maximum atomic E-state index is 11.9. The molecule has 1 heterocycles. The van der Waals surface area contributed by atoms with Gasteiger partial charge in [0.1, 0.15) is 0 Å². The molecule has 0 atom stereocenters. The van der Waals surface area contributed by atoms with Crippen LogP contribution in [0, 0.1) is 12.3 Å². The van der Waals surface area contributed by atoms with Crippen LogP contribution in [0.1, 0.15) is 30.3 Å². The first kappa shape index (κ1) is 11.5. The minimum Gasteiger partial charge on any atom is -0.329 e. The lowest BCUT2D eigenvalue weighted by Gasteiger charge is -2.10. The van der Waals surface area contributed by atoms with Gasteiger partial charge in [0.15, 0.2) is 5.13 Å². The smallest absolute Gasteiger partial charge is 0.233 e. The van der Waals surface area contributed by atoms with E-state index >= 15 is 0 Å². The minimum absolute atomic E-state index is 0.0337. The Morgan fingerprint density at radius 1 is 1.62 bits per heavy atom. The molecule has 1 saturated carbocycles. The molecule has 1 aromatic heterocycles. The van der Waals surface area contributed by atoms with E-state index in [0.717, 1.165) is 25.0 Å². The second kappa shape index (κ2) is 4.14. The van der Waals surface area contributed by atoms with Gasteiger partial charge in [-0.2, -0.15) is 0 Å². The second-order valence-corrected chi connectivity index (χ2v) is 5.52. The number of nitrogens with one attached hydrogen (secondary N) is 1. The lowest BCUT2D eigenvalue weighted by atomic mass is 10.1. The van der Waals surface area contributed by atoms with Crippen molar-refractivity contribution in [2.45, 2.75) is 33.1 Å². The Bertz CT molecular complexity index is 409. The molecule has 5 heteroatoms. The number of carbonyl (C=O) groups excluding carboxylic acids is 1. The van der Waals surface area contributed by atoms with E-state index < -0.39 is 0 Å². The summed E-state index contributed by atoms with van der Waals surface area (Å²) in [5.74, 6) is 0.0337. The van der Waals surface area contributed by atoms with Crippen LogP contribution in [0.2, 0.25) is 0 Å². The average molecular weight is 239 g/mol. The van der Waals surface area contributed by atoms with Gasteiger partial charge in [0.2, 0.25) is 5.91 Å². The maximum Gasteiger partial charge on any atom is 0.233 e. The number of carbonyl (C=O) groups is 1.